The van der Waals surface area contributed by atoms with Gasteiger partial charge < -0.3 is 14.4 Å². The topological polar surface area (TPSA) is 116 Å². The molecule has 2 rings (SSSR count). The van der Waals surface area contributed by atoms with E-state index in [9.17, 15) is 24.5 Å². The highest BCUT2D eigenvalue weighted by atomic mass is 16.6. The van der Waals surface area contributed by atoms with E-state index in [4.69, 9.17) is 4.74 Å². The molecule has 0 aliphatic carbocycles. The summed E-state index contributed by atoms with van der Waals surface area (Å²) in [5, 5.41) is 11.2. The molecule has 0 spiro atoms. The van der Waals surface area contributed by atoms with Crippen molar-refractivity contribution in [3.05, 3.63) is 64.2 Å². The molecule has 30 heavy (non-hydrogen) atoms. The third-order valence-corrected chi connectivity index (χ3v) is 4.27. The van der Waals surface area contributed by atoms with Crippen molar-refractivity contribution in [2.24, 2.45) is 0 Å². The number of nitro groups is 1. The maximum atomic E-state index is 12.6. The van der Waals surface area contributed by atoms with Gasteiger partial charge in [-0.25, -0.2) is 0 Å². The van der Waals surface area contributed by atoms with Crippen LogP contribution in [0.25, 0.3) is 0 Å². The number of nitro benzene ring substituents is 1. The molecule has 0 aromatic heterocycles. The average Bonchev–Trinajstić information content (AvgIpc) is 2.76. The molecule has 9 nitrogen and oxygen atoms in total. The molecule has 0 aliphatic heterocycles. The summed E-state index contributed by atoms with van der Waals surface area (Å²) in [6, 6.07) is 13.1. The van der Waals surface area contributed by atoms with Crippen molar-refractivity contribution in [1.82, 2.24) is 0 Å². The Bertz CT molecular complexity index is 899. The number of unbranched alkanes of at least 4 members (excludes halogenated alkanes) is 1. The number of benzene rings is 2. The summed E-state index contributed by atoms with van der Waals surface area (Å²) >= 11 is 0. The van der Waals surface area contributed by atoms with Crippen molar-refractivity contribution < 1.29 is 28.8 Å². The van der Waals surface area contributed by atoms with Crippen LogP contribution in [0, 0.1) is 10.1 Å². The van der Waals surface area contributed by atoms with E-state index >= 15 is 0 Å². The fourth-order valence-corrected chi connectivity index (χ4v) is 2.77. The van der Waals surface area contributed by atoms with Gasteiger partial charge in [0, 0.05) is 12.1 Å². The van der Waals surface area contributed by atoms with E-state index in [1.165, 1.54) is 30.2 Å². The molecular formula is C21H22N2O7. The molecule has 0 radical (unpaired) electrons. The third kappa shape index (κ3) is 6.13. The average molecular weight is 414 g/mol. The predicted octanol–water partition coefficient (Wildman–Crippen LogP) is 3.16. The minimum Gasteiger partial charge on any atom is -0.487 e. The smallest absolute Gasteiger partial charge is 0.325 e. The SMILES string of the molecule is COC(=O)CN(C(=O)CCCCOc1cccc(C=O)c1[N+](=O)[O-])c1ccccc1. The fraction of sp³-hybridized carbons (Fsp3) is 0.286. The van der Waals surface area contributed by atoms with Crippen LogP contribution in [0.1, 0.15) is 29.6 Å². The van der Waals surface area contributed by atoms with Crippen molar-refractivity contribution in [2.75, 3.05) is 25.2 Å². The molecule has 0 aliphatic rings. The minimum absolute atomic E-state index is 0.00697. The first-order chi connectivity index (χ1) is 14.5. The predicted molar refractivity (Wildman–Crippen MR) is 109 cm³/mol. The van der Waals surface area contributed by atoms with Crippen LogP contribution in [0.4, 0.5) is 11.4 Å². The molecular weight excluding hydrogens is 392 g/mol. The summed E-state index contributed by atoms with van der Waals surface area (Å²) in [7, 11) is 1.26. The maximum Gasteiger partial charge on any atom is 0.325 e. The molecule has 0 N–H and O–H groups in total. The Kier molecular flexibility index (Phi) is 8.49. The molecule has 0 unspecified atom stereocenters. The lowest BCUT2D eigenvalue weighted by atomic mass is 10.2. The normalized spacial score (nSPS) is 10.2. The molecule has 0 saturated carbocycles. The van der Waals surface area contributed by atoms with Crippen LogP contribution >= 0.6 is 0 Å². The summed E-state index contributed by atoms with van der Waals surface area (Å²) < 4.78 is 10.1. The maximum absolute atomic E-state index is 12.6. The summed E-state index contributed by atoms with van der Waals surface area (Å²) in [6.07, 6.45) is 1.47. The molecule has 0 fully saturated rings. The first-order valence-corrected chi connectivity index (χ1v) is 9.25. The number of para-hydroxylation sites is 2. The Morgan fingerprint density at radius 2 is 1.83 bits per heavy atom. The Hall–Kier alpha value is -3.75. The number of hydrogen-bond donors (Lipinski definition) is 0. The van der Waals surface area contributed by atoms with E-state index < -0.39 is 10.9 Å². The molecule has 2 aromatic carbocycles. The van der Waals surface area contributed by atoms with Crippen LogP contribution in [-0.4, -0.2) is 43.3 Å². The second-order valence-electron chi connectivity index (χ2n) is 6.27. The van der Waals surface area contributed by atoms with Gasteiger partial charge in [0.15, 0.2) is 12.0 Å². The van der Waals surface area contributed by atoms with Gasteiger partial charge in [0.05, 0.1) is 24.2 Å². The summed E-state index contributed by atoms with van der Waals surface area (Å²) in [6.45, 7) is -0.0563. The lowest BCUT2D eigenvalue weighted by Gasteiger charge is -2.21. The van der Waals surface area contributed by atoms with Crippen LogP contribution in [-0.2, 0) is 14.3 Å². The Morgan fingerprint density at radius 1 is 1.10 bits per heavy atom. The number of anilines is 1. The van der Waals surface area contributed by atoms with Crippen LogP contribution in [0.5, 0.6) is 5.75 Å². The molecule has 0 bridgehead atoms. The quantitative estimate of drug-likeness (QED) is 0.182. The largest absolute Gasteiger partial charge is 0.487 e. The first kappa shape index (κ1) is 22.5. The monoisotopic (exact) mass is 414 g/mol. The second kappa shape index (κ2) is 11.3. The third-order valence-electron chi connectivity index (χ3n) is 4.27. The minimum atomic E-state index is -0.660. The van der Waals surface area contributed by atoms with Crippen LogP contribution in [0.2, 0.25) is 0 Å². The fourth-order valence-electron chi connectivity index (χ4n) is 2.77. The van der Waals surface area contributed by atoms with Gasteiger partial charge >= 0.3 is 11.7 Å². The van der Waals surface area contributed by atoms with E-state index in [1.54, 1.807) is 30.3 Å². The molecule has 9 heteroatoms. The number of aldehydes is 1. The highest BCUT2D eigenvalue weighted by Crippen LogP contribution is 2.30. The van der Waals surface area contributed by atoms with Gasteiger partial charge in [-0.05, 0) is 37.1 Å². The molecule has 0 saturated heterocycles. The number of nitrogens with zero attached hydrogens (tertiary/aromatic N) is 2. The number of methoxy groups -OCH3 is 1. The van der Waals surface area contributed by atoms with Crippen LogP contribution in [0.15, 0.2) is 48.5 Å². The molecule has 2 aromatic rings. The number of ether oxygens (including phenoxy) is 2. The second-order valence-corrected chi connectivity index (χ2v) is 6.27. The summed E-state index contributed by atoms with van der Waals surface area (Å²) in [5.41, 5.74) is 0.149. The first-order valence-electron chi connectivity index (χ1n) is 9.25. The standard InChI is InChI=1S/C21H22N2O7/c1-29-20(26)14-22(17-9-3-2-4-10-17)19(25)12-5-6-13-30-18-11-7-8-16(15-24)21(18)23(27)28/h2-4,7-11,15H,5-6,12-14H2,1H3. The molecule has 1 amide bonds. The number of carbonyl (C=O) groups excluding carboxylic acids is 3. The van der Waals surface area contributed by atoms with Gasteiger partial charge in [-0.15, -0.1) is 0 Å². The molecule has 158 valence electrons. The van der Waals surface area contributed by atoms with Crippen LogP contribution < -0.4 is 9.64 Å². The van der Waals surface area contributed by atoms with E-state index in [1.807, 2.05) is 0 Å². The summed E-state index contributed by atoms with van der Waals surface area (Å²) in [4.78, 5) is 47.1. The zero-order chi connectivity index (χ0) is 21.9. The zero-order valence-corrected chi connectivity index (χ0v) is 16.5. The van der Waals surface area contributed by atoms with Gasteiger partial charge in [-0.1, -0.05) is 24.3 Å². The Labute approximate surface area is 173 Å². The zero-order valence-electron chi connectivity index (χ0n) is 16.5. The number of hydrogen-bond acceptors (Lipinski definition) is 7. The molecule has 0 atom stereocenters. The van der Waals surface area contributed by atoms with E-state index in [2.05, 4.69) is 4.74 Å². The van der Waals surface area contributed by atoms with E-state index in [0.717, 1.165) is 0 Å². The lowest BCUT2D eigenvalue weighted by Crippen LogP contribution is -2.36. The number of amides is 1. The van der Waals surface area contributed by atoms with Crippen LogP contribution in [0.3, 0.4) is 0 Å². The number of carbonyl (C=O) groups is 3. The van der Waals surface area contributed by atoms with E-state index in [0.29, 0.717) is 24.8 Å². The van der Waals surface area contributed by atoms with Crippen molar-refractivity contribution >= 4 is 29.5 Å². The van der Waals surface area contributed by atoms with Gasteiger partial charge in [0.1, 0.15) is 6.54 Å². The Balaban J connectivity index is 1.91. The van der Waals surface area contributed by atoms with Gasteiger partial charge in [0.25, 0.3) is 0 Å². The lowest BCUT2D eigenvalue weighted by molar-refractivity contribution is -0.386. The summed E-state index contributed by atoms with van der Waals surface area (Å²) in [5.74, 6) is -0.772. The van der Waals surface area contributed by atoms with Gasteiger partial charge in [-0.2, -0.15) is 0 Å². The van der Waals surface area contributed by atoms with Gasteiger partial charge in [0.2, 0.25) is 5.91 Å². The van der Waals surface area contributed by atoms with E-state index in [-0.39, 0.29) is 42.5 Å². The van der Waals surface area contributed by atoms with Gasteiger partial charge in [-0.3, -0.25) is 24.5 Å². The van der Waals surface area contributed by atoms with Crippen molar-refractivity contribution in [3.63, 3.8) is 0 Å². The Morgan fingerprint density at radius 3 is 2.47 bits per heavy atom. The van der Waals surface area contributed by atoms with Crippen molar-refractivity contribution in [3.8, 4) is 5.75 Å². The van der Waals surface area contributed by atoms with Crippen molar-refractivity contribution in [2.45, 2.75) is 19.3 Å². The number of esters is 1. The highest BCUT2D eigenvalue weighted by Gasteiger charge is 2.21. The highest BCUT2D eigenvalue weighted by molar-refractivity contribution is 5.97. The molecule has 0 heterocycles. The van der Waals surface area contributed by atoms with Crippen molar-refractivity contribution in [1.29, 1.82) is 0 Å². The number of rotatable bonds is 11.